The van der Waals surface area contributed by atoms with Crippen LogP contribution in [0.3, 0.4) is 0 Å². The number of piperazine rings is 1. The summed E-state index contributed by atoms with van der Waals surface area (Å²) in [5, 5.41) is 10.9. The van der Waals surface area contributed by atoms with Gasteiger partial charge < -0.3 is 54.9 Å². The van der Waals surface area contributed by atoms with E-state index in [1.807, 2.05) is 33.8 Å². The summed E-state index contributed by atoms with van der Waals surface area (Å²) in [7, 11) is 1.39. The largest absolute Gasteiger partial charge is 0.444 e. The highest BCUT2D eigenvalue weighted by molar-refractivity contribution is 6.03. The van der Waals surface area contributed by atoms with Gasteiger partial charge in [-0.05, 0) is 159 Å². The summed E-state index contributed by atoms with van der Waals surface area (Å²) in [5.41, 5.74) is -0.677. The number of likely N-dealkylation sites (N-methyl/N-ethyl adjacent to an activating group) is 1. The first-order valence-corrected chi connectivity index (χ1v) is 32.1. The molecule has 0 aliphatic carbocycles. The number of ether oxygens (including phenoxy) is 4. The maximum Gasteiger partial charge on any atom is 0.410 e. The Hall–Kier alpha value is -8.20. The van der Waals surface area contributed by atoms with Crippen LogP contribution in [-0.2, 0) is 66.1 Å². The second kappa shape index (κ2) is 29.2. The van der Waals surface area contributed by atoms with Gasteiger partial charge in [-0.1, -0.05) is 24.3 Å². The fourth-order valence-corrected chi connectivity index (χ4v) is 12.6. The van der Waals surface area contributed by atoms with E-state index in [2.05, 4.69) is 38.0 Å². The molecular weight excluding hydrogens is 1220 g/mol. The molecule has 0 spiro atoms. The summed E-state index contributed by atoms with van der Waals surface area (Å²) in [6.45, 7) is 20.6. The summed E-state index contributed by atoms with van der Waals surface area (Å²) >= 11 is 0. The molecule has 1 aromatic heterocycles. The van der Waals surface area contributed by atoms with Crippen LogP contribution < -0.4 is 26.2 Å². The number of carbonyl (C=O) groups is 8. The van der Waals surface area contributed by atoms with Crippen molar-refractivity contribution in [1.29, 1.82) is 0 Å². The molecule has 3 saturated heterocycles. The van der Waals surface area contributed by atoms with Gasteiger partial charge in [-0.25, -0.2) is 22.8 Å². The second-order valence-corrected chi connectivity index (χ2v) is 27.4. The summed E-state index contributed by atoms with van der Waals surface area (Å²) in [6, 6.07) is 11.1. The molecule has 4 N–H and O–H groups in total. The van der Waals surface area contributed by atoms with Crippen LogP contribution in [-0.4, -0.2) is 198 Å². The van der Waals surface area contributed by atoms with Gasteiger partial charge in [0.2, 0.25) is 29.5 Å². The van der Waals surface area contributed by atoms with E-state index in [9.17, 15) is 33.2 Å². The van der Waals surface area contributed by atoms with Crippen LogP contribution in [0.5, 0.6) is 0 Å². The molecule has 3 aromatic carbocycles. The molecule has 23 nitrogen and oxygen atoms in total. The van der Waals surface area contributed by atoms with E-state index in [-0.39, 0.29) is 81.1 Å². The lowest BCUT2D eigenvalue weighted by molar-refractivity contribution is -0.144. The number of hydrogen-bond donors (Lipinski definition) is 4. The predicted octanol–water partition coefficient (Wildman–Crippen LogP) is 7.06. The highest BCUT2D eigenvalue weighted by Crippen LogP contribution is 2.42. The Morgan fingerprint density at radius 2 is 1.50 bits per heavy atom. The summed E-state index contributed by atoms with van der Waals surface area (Å²) in [5.74, 6) is -6.80. The molecule has 3 fully saturated rings. The van der Waals surface area contributed by atoms with E-state index >= 15 is 18.4 Å². The topological polar surface area (TPSA) is 254 Å². The number of para-hydroxylation sites is 1. The van der Waals surface area contributed by atoms with Gasteiger partial charge in [0.05, 0.1) is 31.1 Å². The minimum absolute atomic E-state index is 0.0624. The Morgan fingerprint density at radius 3 is 2.17 bits per heavy atom. The number of nitrogens with one attached hydrogen (secondary N) is 4. The van der Waals surface area contributed by atoms with Crippen LogP contribution in [0.25, 0.3) is 0 Å². The van der Waals surface area contributed by atoms with Gasteiger partial charge in [0.1, 0.15) is 57.9 Å². The van der Waals surface area contributed by atoms with Gasteiger partial charge in [0.15, 0.2) is 0 Å². The zero-order chi connectivity index (χ0) is 68.1. The highest BCUT2D eigenvalue weighted by atomic mass is 19.1. The van der Waals surface area contributed by atoms with Gasteiger partial charge in [0, 0.05) is 103 Å². The Kier molecular flexibility index (Phi) is 21.8. The number of carbonyl (C=O) groups excluding carboxylic acids is 8. The fraction of sp³-hybridized carbons (Fsp3) is 0.544. The minimum atomic E-state index is -1.55. The third-order valence-corrected chi connectivity index (χ3v) is 17.9. The third-order valence-electron chi connectivity index (χ3n) is 17.9. The molecule has 26 heteroatoms. The molecule has 8 amide bonds. The molecule has 0 radical (unpaired) electrons. The Balaban J connectivity index is 0.921. The lowest BCUT2D eigenvalue weighted by atomic mass is 9.87. The maximum absolute atomic E-state index is 15.2. The van der Waals surface area contributed by atoms with Crippen molar-refractivity contribution in [2.24, 2.45) is 5.92 Å². The maximum atomic E-state index is 15.2. The van der Waals surface area contributed by atoms with Crippen molar-refractivity contribution < 1.29 is 70.5 Å². The van der Waals surface area contributed by atoms with Crippen LogP contribution >= 0.6 is 0 Å². The second-order valence-electron chi connectivity index (χ2n) is 27.4. The Labute approximate surface area is 546 Å². The van der Waals surface area contributed by atoms with Gasteiger partial charge in [-0.2, -0.15) is 0 Å². The average Bonchev–Trinajstić information content (AvgIpc) is 1.59. The molecule has 4 aromatic rings. The van der Waals surface area contributed by atoms with Crippen LogP contribution in [0, 0.1) is 23.4 Å². The monoisotopic (exact) mass is 1310 g/mol. The third kappa shape index (κ3) is 16.6. The number of anilines is 3. The Bertz CT molecular complexity index is 3470. The first kappa shape index (κ1) is 70.1. The lowest BCUT2D eigenvalue weighted by Gasteiger charge is -2.47. The Morgan fingerprint density at radius 1 is 0.809 bits per heavy atom. The van der Waals surface area contributed by atoms with Crippen LogP contribution in [0.4, 0.5) is 39.8 Å². The van der Waals surface area contributed by atoms with Gasteiger partial charge in [-0.15, -0.1) is 0 Å². The molecule has 5 aliphatic rings. The van der Waals surface area contributed by atoms with Crippen molar-refractivity contribution >= 4 is 64.7 Å². The first-order valence-electron chi connectivity index (χ1n) is 32.1. The van der Waals surface area contributed by atoms with Crippen LogP contribution in [0.2, 0.25) is 0 Å². The number of aromatic nitrogens is 1. The number of rotatable bonds is 18. The SMILES string of the molecule is CC1COCCN1C[C@H]1CN(C(=O)OC(C)(C)C)C(C)CN1CC(=O)N1C[C@@](C)(C(=O)NCCC(=O)Nc2ccc3c(c2)C(C(=O)Nc2c(F)cccc2F)N(C(=O)C(NC(=O)[C@H](C)N(C)C(=O)OC(C)(C)C)C2CCOCC2)C3)c2ncc(Cc3ccc(F)cc3)cc21. The van der Waals surface area contributed by atoms with Crippen LogP contribution in [0.1, 0.15) is 122 Å². The van der Waals surface area contributed by atoms with Crippen LogP contribution in [0.15, 0.2) is 72.9 Å². The van der Waals surface area contributed by atoms with Crippen molar-refractivity contribution in [3.05, 3.63) is 118 Å². The fourth-order valence-electron chi connectivity index (χ4n) is 12.6. The van der Waals surface area contributed by atoms with Crippen molar-refractivity contribution in [3.63, 3.8) is 0 Å². The summed E-state index contributed by atoms with van der Waals surface area (Å²) < 4.78 is 67.1. The first-order chi connectivity index (χ1) is 44.4. The molecule has 6 heterocycles. The zero-order valence-corrected chi connectivity index (χ0v) is 55.4. The van der Waals surface area contributed by atoms with E-state index < -0.39 is 106 Å². The van der Waals surface area contributed by atoms with E-state index in [0.29, 0.717) is 81.2 Å². The summed E-state index contributed by atoms with van der Waals surface area (Å²) in [6.07, 6.45) is 1.19. The number of benzene rings is 3. The molecule has 0 bridgehead atoms. The number of pyridine rings is 1. The normalized spacial score (nSPS) is 21.7. The summed E-state index contributed by atoms with van der Waals surface area (Å²) in [4.78, 5) is 129. The average molecular weight is 1310 g/mol. The number of morpholine rings is 1. The van der Waals surface area contributed by atoms with Crippen molar-refractivity contribution in [2.45, 2.75) is 154 Å². The molecule has 94 heavy (non-hydrogen) atoms. The van der Waals surface area contributed by atoms with E-state index in [0.717, 1.165) is 28.7 Å². The van der Waals surface area contributed by atoms with Crippen molar-refractivity contribution in [3.8, 4) is 0 Å². The van der Waals surface area contributed by atoms with Gasteiger partial charge >= 0.3 is 12.2 Å². The smallest absolute Gasteiger partial charge is 0.410 e. The molecule has 508 valence electrons. The lowest BCUT2D eigenvalue weighted by Crippen LogP contribution is -2.64. The zero-order valence-electron chi connectivity index (χ0n) is 55.4. The van der Waals surface area contributed by atoms with Crippen molar-refractivity contribution in [2.75, 3.05) is 94.8 Å². The molecular formula is C68H88F3N11O12. The molecule has 9 rings (SSSR count). The number of fused-ring (bicyclic) bond motifs is 2. The molecule has 5 aliphatic heterocycles. The standard InChI is InChI=1S/C68H88F3N11O12/c1-40-33-79(49(35-78-25-28-92-38-41(78)2)36-80(40)65(90)94-67(7,8)9)37-55(84)82-39-68(10,59-53(82)30-44(32-73-59)29-43-15-18-47(69)19-16-43)63(88)72-24-21-54(83)74-48-20-17-46-34-81(58(50(46)31-48)61(86)76-57-51(70)13-12-14-52(57)71)62(87)56(45-22-26-91-27-23-45)75-60(85)42(3)77(11)64(89)93-66(4,5)6/h12-20,30-32,40-42,45,49,56,58H,21-29,33-39H2,1-11H3,(H,72,88)(H,74,83)(H,75,85)(H,76,86)/t40?,41?,42-,49-,56?,58?,68+/m0/s1. The predicted molar refractivity (Wildman–Crippen MR) is 343 cm³/mol. The number of halogens is 3. The van der Waals surface area contributed by atoms with E-state index in [4.69, 9.17) is 23.9 Å². The number of nitrogens with zero attached hydrogens (tertiary/aromatic N) is 7. The number of hydrogen-bond acceptors (Lipinski definition) is 15. The molecule has 4 unspecified atom stereocenters. The van der Waals surface area contributed by atoms with Gasteiger partial charge in [0.25, 0.3) is 5.91 Å². The van der Waals surface area contributed by atoms with E-state index in [1.165, 1.54) is 37.1 Å². The number of amides is 8. The molecule has 7 atom stereocenters. The highest BCUT2D eigenvalue weighted by Gasteiger charge is 2.50. The quantitative estimate of drug-likeness (QED) is 0.0778. The minimum Gasteiger partial charge on any atom is -0.444 e. The molecule has 0 saturated carbocycles. The van der Waals surface area contributed by atoms with E-state index in [1.54, 1.807) is 68.0 Å². The van der Waals surface area contributed by atoms with Gasteiger partial charge in [-0.3, -0.25) is 48.5 Å². The van der Waals surface area contributed by atoms with Crippen molar-refractivity contribution in [1.82, 2.24) is 40.1 Å².